The number of nitrogens with zero attached hydrogens (tertiary/aromatic N) is 8. The van der Waals surface area contributed by atoms with Gasteiger partial charge in [0.05, 0.1) is 11.4 Å². The first kappa shape index (κ1) is 29.7. The zero-order chi connectivity index (χ0) is 31.8. The first-order valence-electron chi connectivity index (χ1n) is 15.9. The SMILES string of the molecule is Cc1nc(-c2cccn2C)ccc1-c1cc2cnc(Nc3ccc(N4CCN(C)CC4)cc3)nc2n(CC(=O)N2CCCC2)c1=O. The lowest BCUT2D eigenvalue weighted by Crippen LogP contribution is -2.44. The van der Waals surface area contributed by atoms with E-state index in [0.717, 1.165) is 67.4 Å². The summed E-state index contributed by atoms with van der Waals surface area (Å²) >= 11 is 0. The van der Waals surface area contributed by atoms with Crippen LogP contribution in [0.25, 0.3) is 33.5 Å². The Morgan fingerprint density at radius 3 is 2.35 bits per heavy atom. The van der Waals surface area contributed by atoms with Crippen LogP contribution < -0.4 is 15.8 Å². The second kappa shape index (κ2) is 12.4. The van der Waals surface area contributed by atoms with E-state index in [2.05, 4.69) is 39.3 Å². The van der Waals surface area contributed by atoms with Crippen molar-refractivity contribution < 1.29 is 4.79 Å². The van der Waals surface area contributed by atoms with Crippen LogP contribution in [0.1, 0.15) is 18.5 Å². The number of aromatic nitrogens is 5. The summed E-state index contributed by atoms with van der Waals surface area (Å²) < 4.78 is 3.51. The number of hydrogen-bond acceptors (Lipinski definition) is 8. The molecule has 11 heteroatoms. The summed E-state index contributed by atoms with van der Waals surface area (Å²) in [7, 11) is 4.13. The molecular formula is C35H39N9O2. The third kappa shape index (κ3) is 5.85. The third-order valence-electron chi connectivity index (χ3n) is 9.15. The van der Waals surface area contributed by atoms with Gasteiger partial charge in [-0.3, -0.25) is 19.1 Å². The van der Waals surface area contributed by atoms with Gasteiger partial charge in [-0.1, -0.05) is 6.07 Å². The highest BCUT2D eigenvalue weighted by Gasteiger charge is 2.22. The van der Waals surface area contributed by atoms with Gasteiger partial charge in [-0.15, -0.1) is 0 Å². The monoisotopic (exact) mass is 617 g/mol. The Balaban J connectivity index is 1.23. The highest BCUT2D eigenvalue weighted by molar-refractivity contribution is 5.85. The molecule has 0 radical (unpaired) electrons. The molecule has 2 saturated heterocycles. The molecule has 1 N–H and O–H groups in total. The average molecular weight is 618 g/mol. The van der Waals surface area contributed by atoms with E-state index in [1.165, 1.54) is 10.3 Å². The molecule has 1 amide bonds. The van der Waals surface area contributed by atoms with Crippen molar-refractivity contribution in [3.63, 3.8) is 0 Å². The topological polar surface area (TPSA) is 104 Å². The number of aryl methyl sites for hydroxylation is 2. The van der Waals surface area contributed by atoms with Gasteiger partial charge in [0.1, 0.15) is 12.2 Å². The van der Waals surface area contributed by atoms with Crippen LogP contribution in [0.3, 0.4) is 0 Å². The minimum atomic E-state index is -0.280. The minimum absolute atomic E-state index is 0.0837. The van der Waals surface area contributed by atoms with Crippen LogP contribution in [0, 0.1) is 6.92 Å². The van der Waals surface area contributed by atoms with Gasteiger partial charge in [0.15, 0.2) is 0 Å². The maximum absolute atomic E-state index is 14.2. The smallest absolute Gasteiger partial charge is 0.260 e. The van der Waals surface area contributed by atoms with Gasteiger partial charge >= 0.3 is 0 Å². The lowest BCUT2D eigenvalue weighted by molar-refractivity contribution is -0.130. The summed E-state index contributed by atoms with van der Waals surface area (Å²) in [5, 5.41) is 3.97. The average Bonchev–Trinajstić information content (AvgIpc) is 3.76. The van der Waals surface area contributed by atoms with Gasteiger partial charge in [0.25, 0.3) is 5.56 Å². The van der Waals surface area contributed by atoms with Crippen LogP contribution in [-0.4, -0.2) is 86.1 Å². The molecule has 6 heterocycles. The number of rotatable bonds is 7. The Labute approximate surface area is 268 Å². The molecule has 0 saturated carbocycles. The van der Waals surface area contributed by atoms with E-state index in [-0.39, 0.29) is 18.0 Å². The number of fused-ring (bicyclic) bond motifs is 1. The molecule has 5 aromatic rings. The number of likely N-dealkylation sites (N-methyl/N-ethyl adjacent to an activating group) is 1. The van der Waals surface area contributed by atoms with E-state index in [9.17, 15) is 9.59 Å². The van der Waals surface area contributed by atoms with Crippen molar-refractivity contribution in [3.05, 3.63) is 83.0 Å². The fourth-order valence-corrected chi connectivity index (χ4v) is 6.43. The zero-order valence-electron chi connectivity index (χ0n) is 26.6. The summed E-state index contributed by atoms with van der Waals surface area (Å²) in [5.74, 6) is 0.277. The molecule has 2 aliphatic heterocycles. The van der Waals surface area contributed by atoms with Gasteiger partial charge in [0, 0.05) is 92.3 Å². The van der Waals surface area contributed by atoms with Gasteiger partial charge in [-0.05, 0) is 75.3 Å². The van der Waals surface area contributed by atoms with Crippen LogP contribution in [0.2, 0.25) is 0 Å². The Kier molecular flexibility index (Phi) is 8.00. The molecule has 236 valence electrons. The van der Waals surface area contributed by atoms with Gasteiger partial charge in [-0.25, -0.2) is 4.98 Å². The lowest BCUT2D eigenvalue weighted by atomic mass is 10.0. The summed E-state index contributed by atoms with van der Waals surface area (Å²) in [6.45, 7) is 7.32. The van der Waals surface area contributed by atoms with E-state index < -0.39 is 0 Å². The highest BCUT2D eigenvalue weighted by Crippen LogP contribution is 2.27. The van der Waals surface area contributed by atoms with Crippen LogP contribution in [0.5, 0.6) is 0 Å². The molecule has 0 atom stereocenters. The van der Waals surface area contributed by atoms with E-state index in [1.807, 2.05) is 72.1 Å². The molecule has 7 rings (SSSR count). The number of amides is 1. The molecule has 0 bridgehead atoms. The van der Waals surface area contributed by atoms with E-state index >= 15 is 0 Å². The van der Waals surface area contributed by atoms with Crippen molar-refractivity contribution in [2.75, 3.05) is 56.5 Å². The maximum atomic E-state index is 14.2. The minimum Gasteiger partial charge on any atom is -0.369 e. The molecule has 1 aromatic carbocycles. The van der Waals surface area contributed by atoms with Crippen molar-refractivity contribution in [1.29, 1.82) is 0 Å². The van der Waals surface area contributed by atoms with E-state index in [1.54, 1.807) is 6.20 Å². The van der Waals surface area contributed by atoms with Crippen LogP contribution in [0.4, 0.5) is 17.3 Å². The van der Waals surface area contributed by atoms with Crippen molar-refractivity contribution in [2.24, 2.45) is 7.05 Å². The summed E-state index contributed by atoms with van der Waals surface area (Å²) in [4.78, 5) is 48.3. The number of carbonyl (C=O) groups is 1. The fourth-order valence-electron chi connectivity index (χ4n) is 6.43. The fraction of sp³-hybridized carbons (Fsp3) is 0.343. The van der Waals surface area contributed by atoms with Crippen molar-refractivity contribution in [1.82, 2.24) is 33.9 Å². The maximum Gasteiger partial charge on any atom is 0.260 e. The zero-order valence-corrected chi connectivity index (χ0v) is 26.6. The van der Waals surface area contributed by atoms with Crippen molar-refractivity contribution in [2.45, 2.75) is 26.3 Å². The summed E-state index contributed by atoms with van der Waals surface area (Å²) in [5.41, 5.74) is 5.89. The Morgan fingerprint density at radius 2 is 1.65 bits per heavy atom. The van der Waals surface area contributed by atoms with Crippen molar-refractivity contribution in [3.8, 4) is 22.5 Å². The van der Waals surface area contributed by atoms with Gasteiger partial charge in [0.2, 0.25) is 11.9 Å². The highest BCUT2D eigenvalue weighted by atomic mass is 16.2. The predicted octanol–water partition coefficient (Wildman–Crippen LogP) is 4.29. The summed E-state index contributed by atoms with van der Waals surface area (Å²) in [6, 6.07) is 17.9. The molecule has 11 nitrogen and oxygen atoms in total. The summed E-state index contributed by atoms with van der Waals surface area (Å²) in [6.07, 6.45) is 5.64. The second-order valence-corrected chi connectivity index (χ2v) is 12.3. The molecule has 2 fully saturated rings. The van der Waals surface area contributed by atoms with Crippen LogP contribution in [0.15, 0.2) is 71.8 Å². The number of nitrogens with one attached hydrogen (secondary N) is 1. The van der Waals surface area contributed by atoms with Crippen molar-refractivity contribution >= 4 is 34.3 Å². The molecule has 46 heavy (non-hydrogen) atoms. The Bertz CT molecular complexity index is 1950. The Morgan fingerprint density at radius 1 is 0.891 bits per heavy atom. The number of carbonyl (C=O) groups excluding carboxylic acids is 1. The number of benzene rings is 1. The normalized spacial score (nSPS) is 15.5. The van der Waals surface area contributed by atoms with E-state index in [4.69, 9.17) is 9.97 Å². The molecule has 0 unspecified atom stereocenters. The van der Waals surface area contributed by atoms with Crippen LogP contribution >= 0.6 is 0 Å². The number of likely N-dealkylation sites (tertiary alicyclic amines) is 1. The lowest BCUT2D eigenvalue weighted by Gasteiger charge is -2.34. The molecule has 4 aromatic heterocycles. The molecule has 0 aliphatic carbocycles. The number of piperazine rings is 1. The number of hydrogen-bond donors (Lipinski definition) is 1. The van der Waals surface area contributed by atoms with E-state index in [0.29, 0.717) is 35.6 Å². The standard InChI is InChI=1S/C35H39N9O2/c1-24-28(12-13-30(37-24)31-7-6-14-41(31)3)29-21-25-22-36-35(38-26-8-10-27(11-9-26)42-19-17-40(2)18-20-42)39-33(25)44(34(29)46)23-32(45)43-15-4-5-16-43/h6-14,21-22H,4-5,15-20,23H2,1-3H3,(H,36,38,39). The number of pyridine rings is 2. The molecule has 2 aliphatic rings. The second-order valence-electron chi connectivity index (χ2n) is 12.3. The Hall–Kier alpha value is -5.03. The van der Waals surface area contributed by atoms with Crippen LogP contribution in [-0.2, 0) is 18.4 Å². The quantitative estimate of drug-likeness (QED) is 0.289. The van der Waals surface area contributed by atoms with Gasteiger partial charge < -0.3 is 24.6 Å². The first-order chi connectivity index (χ1) is 22.3. The first-order valence-corrected chi connectivity index (χ1v) is 15.9. The van der Waals surface area contributed by atoms with Gasteiger partial charge in [-0.2, -0.15) is 4.98 Å². The predicted molar refractivity (Wildman–Crippen MR) is 181 cm³/mol. The largest absolute Gasteiger partial charge is 0.369 e. The number of anilines is 3. The molecular weight excluding hydrogens is 578 g/mol. The molecule has 0 spiro atoms. The third-order valence-corrected chi connectivity index (χ3v) is 9.15.